The summed E-state index contributed by atoms with van der Waals surface area (Å²) in [6.07, 6.45) is 6.74. The summed E-state index contributed by atoms with van der Waals surface area (Å²) in [5.74, 6) is -2.39. The molecule has 0 atom stereocenters. The molecule has 488 valence electrons. The number of carbonyl (C=O) groups excluding carboxylic acids is 4. The lowest BCUT2D eigenvalue weighted by molar-refractivity contribution is 0.00578. The Morgan fingerprint density at radius 1 is 0.533 bits per heavy atom. The monoisotopic (exact) mass is 1350 g/mol. The minimum absolute atomic E-state index is 0. The number of halogens is 2. The van der Waals surface area contributed by atoms with Crippen LogP contribution in [0.2, 0.25) is 0 Å². The molecule has 0 saturated carbocycles. The summed E-state index contributed by atoms with van der Waals surface area (Å²) in [5.41, 5.74) is 24.3. The third-order valence-corrected chi connectivity index (χ3v) is 12.8. The van der Waals surface area contributed by atoms with Crippen LogP contribution < -0.4 is 37.9 Å². The number of nitrogens with two attached hydrogens (primary N) is 4. The summed E-state index contributed by atoms with van der Waals surface area (Å²) in [6.45, 7) is 8.01. The van der Waals surface area contributed by atoms with Crippen LogP contribution in [0.1, 0.15) is 76.6 Å². The van der Waals surface area contributed by atoms with Crippen molar-refractivity contribution >= 4 is 76.7 Å². The summed E-state index contributed by atoms with van der Waals surface area (Å²) >= 11 is 3.20. The fourth-order valence-electron chi connectivity index (χ4n) is 7.35. The minimum atomic E-state index is -0.699. The highest BCUT2D eigenvalue weighted by molar-refractivity contribution is 9.10. The lowest BCUT2D eigenvalue weighted by Gasteiger charge is -2.32. The van der Waals surface area contributed by atoms with Gasteiger partial charge in [-0.05, 0) is 164 Å². The standard InChI is InChI=1S/C16H23BO6.C15H15NO4.C13H12N4O2.C13H11NO3.C5H4BrN.CH5N3.CH4.ClH/c1-15(2)16(3,4)23-17(22-15)11-7-8-13(21-10-19-5)12(9-11)14(18)20-6;1-18-10-20-14-7-6-11(9-12(14)15(17)19-2)13-5-3-4-8-16-13;14-13(15)17-12(19)9-7-8(4-5-11(9)18)10-3-1-2-6-16-10;1-17-13(16)10-8-9(5-6-12(10)15)11-4-2-3-7-14-11;6-5-3-1-2-4-7-5;2-1(3)4;;/h7-9H,10H2,1-6H3;3-9H,10H2,1-2H3;1-7,18H,(H4,14,15,17,19);2-8,15H,1H3;1-4H;(H5,2,3,4);1H4;1H. The molecule has 0 radical (unpaired) electrons. The molecule has 9 rings (SSSR count). The number of ether oxygens (including phenoxy) is 7. The Labute approximate surface area is 548 Å². The number of benzene rings is 4. The van der Waals surface area contributed by atoms with Gasteiger partial charge in [0, 0.05) is 55.7 Å². The van der Waals surface area contributed by atoms with Crippen LogP contribution >= 0.6 is 28.3 Å². The molecule has 28 heteroatoms. The van der Waals surface area contributed by atoms with Gasteiger partial charge < -0.3 is 75.6 Å². The van der Waals surface area contributed by atoms with Crippen molar-refractivity contribution in [2.24, 2.45) is 27.9 Å². The molecule has 5 heterocycles. The van der Waals surface area contributed by atoms with Crippen LogP contribution in [0.3, 0.4) is 0 Å². The second kappa shape index (κ2) is 39.2. The van der Waals surface area contributed by atoms with Crippen molar-refractivity contribution in [1.82, 2.24) is 19.9 Å². The summed E-state index contributed by atoms with van der Waals surface area (Å²) in [4.78, 5) is 66.8. The van der Waals surface area contributed by atoms with Gasteiger partial charge in [0.15, 0.2) is 25.5 Å². The average Bonchev–Trinajstić information content (AvgIpc) is 1.61. The Morgan fingerprint density at radius 2 is 0.891 bits per heavy atom. The van der Waals surface area contributed by atoms with Gasteiger partial charge in [0.05, 0.1) is 55.2 Å². The SMILES string of the molecule is Brc1ccccn1.C.COC(=O)c1cc(-c2ccccn2)ccc1O.COCOc1ccc(-c2ccccn2)cc1C(=O)OC.COCOc1ccc(B2OC(C)(C)C(C)(C)O2)cc1C(=O)OC.Cl.N=C(N)N.NC(N)=NC(=O)c1cc(-c2ccccn2)ccc1O. The Hall–Kier alpha value is -10.0. The van der Waals surface area contributed by atoms with Crippen LogP contribution in [-0.2, 0) is 33.0 Å². The van der Waals surface area contributed by atoms with E-state index in [9.17, 15) is 29.4 Å². The number of nitrogens with zero attached hydrogens (tertiary/aromatic N) is 5. The molecule has 4 aromatic carbocycles. The first-order chi connectivity index (χ1) is 42.9. The number of nitrogens with one attached hydrogen (secondary N) is 1. The van der Waals surface area contributed by atoms with E-state index in [-0.39, 0.29) is 68.0 Å². The summed E-state index contributed by atoms with van der Waals surface area (Å²) in [5, 5.41) is 25.3. The fraction of sp³-hybridized carbons (Fsp3) is 0.219. The van der Waals surface area contributed by atoms with Gasteiger partial charge >= 0.3 is 25.0 Å². The van der Waals surface area contributed by atoms with Crippen molar-refractivity contribution in [3.05, 3.63) is 197 Å². The molecular formula is C64H75BBrClN10O15. The van der Waals surface area contributed by atoms with E-state index in [0.717, 1.165) is 32.6 Å². The third-order valence-electron chi connectivity index (χ3n) is 12.4. The van der Waals surface area contributed by atoms with Gasteiger partial charge in [-0.15, -0.1) is 12.4 Å². The zero-order chi connectivity index (χ0) is 66.4. The number of aromatic hydroxyl groups is 2. The third kappa shape index (κ3) is 24.4. The van der Waals surface area contributed by atoms with Crippen LogP contribution in [0.25, 0.3) is 33.8 Å². The van der Waals surface area contributed by atoms with E-state index in [0.29, 0.717) is 33.9 Å². The topological polar surface area (TPSA) is 384 Å². The average molecular weight is 1350 g/mol. The number of hydrogen-bond donors (Lipinski definition) is 7. The number of aromatic nitrogens is 4. The number of rotatable bonds is 14. The van der Waals surface area contributed by atoms with Crippen molar-refractivity contribution in [3.63, 3.8) is 0 Å². The smallest absolute Gasteiger partial charge is 0.494 e. The van der Waals surface area contributed by atoms with Crippen molar-refractivity contribution in [2.45, 2.75) is 46.3 Å². The highest BCUT2D eigenvalue weighted by Gasteiger charge is 2.52. The number of hydrogen-bond acceptors (Lipinski definition) is 20. The molecule has 0 aliphatic carbocycles. The maximum absolute atomic E-state index is 12.0. The molecule has 1 fully saturated rings. The van der Waals surface area contributed by atoms with E-state index in [2.05, 4.69) is 57.1 Å². The van der Waals surface area contributed by atoms with Crippen molar-refractivity contribution in [3.8, 4) is 56.8 Å². The van der Waals surface area contributed by atoms with E-state index >= 15 is 0 Å². The van der Waals surface area contributed by atoms with E-state index in [1.54, 1.807) is 85.5 Å². The van der Waals surface area contributed by atoms with Crippen molar-refractivity contribution in [2.75, 3.05) is 49.1 Å². The number of pyridine rings is 4. The van der Waals surface area contributed by atoms with Crippen LogP contribution in [0.5, 0.6) is 23.0 Å². The lowest BCUT2D eigenvalue weighted by atomic mass is 9.78. The molecule has 1 saturated heterocycles. The fourth-order valence-corrected chi connectivity index (χ4v) is 7.62. The van der Waals surface area contributed by atoms with E-state index < -0.39 is 42.1 Å². The molecule has 25 nitrogen and oxygen atoms in total. The molecule has 1 aliphatic rings. The summed E-state index contributed by atoms with van der Waals surface area (Å²) < 4.78 is 47.5. The van der Waals surface area contributed by atoms with Crippen LogP contribution in [0.4, 0.5) is 0 Å². The van der Waals surface area contributed by atoms with Gasteiger partial charge in [0.2, 0.25) is 0 Å². The Balaban J connectivity index is 0.000000394. The maximum atomic E-state index is 12.0. The molecule has 11 N–H and O–H groups in total. The summed E-state index contributed by atoms with van der Waals surface area (Å²) in [7, 11) is 6.39. The number of amides is 1. The zero-order valence-corrected chi connectivity index (χ0v) is 53.6. The number of phenolic OH excluding ortho intramolecular Hbond substituents is 2. The molecule has 0 bridgehead atoms. The van der Waals surface area contributed by atoms with E-state index in [1.807, 2.05) is 94.4 Å². The predicted molar refractivity (Wildman–Crippen MR) is 356 cm³/mol. The number of methoxy groups -OCH3 is 5. The van der Waals surface area contributed by atoms with Gasteiger partial charge in [-0.3, -0.25) is 25.2 Å². The van der Waals surface area contributed by atoms with Gasteiger partial charge in [-0.1, -0.05) is 37.8 Å². The highest BCUT2D eigenvalue weighted by atomic mass is 79.9. The molecule has 8 aromatic rings. The van der Waals surface area contributed by atoms with Crippen LogP contribution in [-0.4, -0.2) is 133 Å². The normalized spacial score (nSPS) is 11.7. The van der Waals surface area contributed by atoms with Crippen LogP contribution in [0, 0.1) is 5.41 Å². The van der Waals surface area contributed by atoms with Gasteiger partial charge in [-0.25, -0.2) is 19.4 Å². The largest absolute Gasteiger partial charge is 0.507 e. The Bertz CT molecular complexity index is 3640. The van der Waals surface area contributed by atoms with Crippen molar-refractivity contribution < 1.29 is 71.9 Å². The minimum Gasteiger partial charge on any atom is -0.507 e. The van der Waals surface area contributed by atoms with Gasteiger partial charge in [0.1, 0.15) is 44.3 Å². The first-order valence-electron chi connectivity index (χ1n) is 26.7. The molecule has 0 unspecified atom stereocenters. The quantitative estimate of drug-likeness (QED) is 0.0101. The second-order valence-corrected chi connectivity index (χ2v) is 20.0. The highest BCUT2D eigenvalue weighted by Crippen LogP contribution is 2.37. The van der Waals surface area contributed by atoms with E-state index in [1.165, 1.54) is 53.7 Å². The number of carbonyl (C=O) groups is 4. The number of guanidine groups is 2. The molecule has 1 amide bonds. The van der Waals surface area contributed by atoms with E-state index in [4.69, 9.17) is 54.6 Å². The second-order valence-electron chi connectivity index (χ2n) is 19.2. The Morgan fingerprint density at radius 3 is 1.25 bits per heavy atom. The number of aliphatic imine (C=N–C) groups is 1. The molecule has 0 spiro atoms. The number of esters is 3. The predicted octanol–water partition coefficient (Wildman–Crippen LogP) is 9.12. The first kappa shape index (κ1) is 78.1. The van der Waals surface area contributed by atoms with Crippen LogP contribution in [0.15, 0.2) is 180 Å². The lowest BCUT2D eigenvalue weighted by Crippen LogP contribution is -2.41. The number of phenols is 2. The molecular weight excluding hydrogens is 1270 g/mol. The molecule has 92 heavy (non-hydrogen) atoms. The summed E-state index contributed by atoms with van der Waals surface area (Å²) in [6, 6.07) is 41.8. The van der Waals surface area contributed by atoms with Gasteiger partial charge in [0.25, 0.3) is 5.91 Å². The molecule has 4 aromatic heterocycles. The first-order valence-corrected chi connectivity index (χ1v) is 27.5. The van der Waals surface area contributed by atoms with Crippen molar-refractivity contribution in [1.29, 1.82) is 5.41 Å². The van der Waals surface area contributed by atoms with Gasteiger partial charge in [-0.2, -0.15) is 4.99 Å². The molecule has 1 aliphatic heterocycles. The maximum Gasteiger partial charge on any atom is 0.494 e. The zero-order valence-electron chi connectivity index (χ0n) is 51.2. The Kier molecular flexibility index (Phi) is 33.2.